The first-order valence-electron chi connectivity index (χ1n) is 11.2. The topological polar surface area (TPSA) is 80.8 Å². The molecule has 0 unspecified atom stereocenters. The van der Waals surface area contributed by atoms with Gasteiger partial charge in [-0.15, -0.1) is 11.3 Å². The Kier molecular flexibility index (Phi) is 6.31. The number of fused-ring (bicyclic) bond motifs is 2. The van der Waals surface area contributed by atoms with Crippen LogP contribution < -0.4 is 14.8 Å². The Morgan fingerprint density at radius 2 is 2.06 bits per heavy atom. The highest BCUT2D eigenvalue weighted by molar-refractivity contribution is 7.10. The maximum absolute atomic E-state index is 13.2. The highest BCUT2D eigenvalue weighted by Gasteiger charge is 2.26. The van der Waals surface area contributed by atoms with Gasteiger partial charge in [-0.3, -0.25) is 14.6 Å². The minimum Gasteiger partial charge on any atom is -0.486 e. The van der Waals surface area contributed by atoms with Gasteiger partial charge in [0.1, 0.15) is 13.2 Å². The molecule has 0 radical (unpaired) electrons. The van der Waals surface area contributed by atoms with Crippen molar-refractivity contribution in [3.05, 3.63) is 80.8 Å². The van der Waals surface area contributed by atoms with Crippen LogP contribution in [0.1, 0.15) is 37.6 Å². The zero-order valence-electron chi connectivity index (χ0n) is 18.9. The Morgan fingerprint density at radius 3 is 2.88 bits per heavy atom. The first-order chi connectivity index (χ1) is 16.6. The predicted molar refractivity (Wildman–Crippen MR) is 130 cm³/mol. The van der Waals surface area contributed by atoms with E-state index in [1.165, 1.54) is 5.56 Å². The second-order valence-electron chi connectivity index (χ2n) is 8.23. The molecule has 0 saturated heterocycles. The van der Waals surface area contributed by atoms with E-state index in [9.17, 15) is 9.59 Å². The fraction of sp³-hybridized carbons (Fsp3) is 0.269. The summed E-state index contributed by atoms with van der Waals surface area (Å²) in [7, 11) is 0. The molecule has 0 atom stereocenters. The maximum Gasteiger partial charge on any atom is 0.254 e. The van der Waals surface area contributed by atoms with Gasteiger partial charge < -0.3 is 19.7 Å². The van der Waals surface area contributed by atoms with Crippen LogP contribution in [0.4, 0.5) is 0 Å². The van der Waals surface area contributed by atoms with Crippen LogP contribution in [0.25, 0.3) is 6.08 Å². The number of amides is 2. The number of rotatable bonds is 5. The van der Waals surface area contributed by atoms with E-state index < -0.39 is 0 Å². The quantitative estimate of drug-likeness (QED) is 0.569. The number of nitrogens with one attached hydrogen (secondary N) is 1. The summed E-state index contributed by atoms with van der Waals surface area (Å²) in [5.74, 6) is 1.09. The third-order valence-corrected chi connectivity index (χ3v) is 6.89. The number of ether oxygens (including phenoxy) is 2. The largest absolute Gasteiger partial charge is 0.486 e. The van der Waals surface area contributed by atoms with Crippen molar-refractivity contribution in [2.75, 3.05) is 19.8 Å². The number of aryl methyl sites for hydroxylation is 1. The van der Waals surface area contributed by atoms with Gasteiger partial charge in [0.05, 0.1) is 0 Å². The maximum atomic E-state index is 13.2. The molecule has 174 valence electrons. The van der Waals surface area contributed by atoms with Gasteiger partial charge in [-0.2, -0.15) is 0 Å². The van der Waals surface area contributed by atoms with Gasteiger partial charge in [0.25, 0.3) is 5.91 Å². The fourth-order valence-corrected chi connectivity index (χ4v) is 4.89. The van der Waals surface area contributed by atoms with E-state index in [0.29, 0.717) is 56.3 Å². The number of aromatic nitrogens is 1. The van der Waals surface area contributed by atoms with Gasteiger partial charge in [0, 0.05) is 48.0 Å². The Balaban J connectivity index is 1.27. The Bertz CT molecular complexity index is 1250. The number of hydrogen-bond donors (Lipinski definition) is 1. The molecule has 0 bridgehead atoms. The molecule has 2 aliphatic rings. The number of benzene rings is 1. The van der Waals surface area contributed by atoms with Crippen molar-refractivity contribution in [1.82, 2.24) is 15.2 Å². The molecule has 0 aliphatic carbocycles. The molecule has 3 aromatic rings. The van der Waals surface area contributed by atoms with Crippen LogP contribution >= 0.6 is 11.3 Å². The van der Waals surface area contributed by atoms with E-state index in [1.54, 1.807) is 35.6 Å². The summed E-state index contributed by atoms with van der Waals surface area (Å²) in [5, 5.41) is 4.95. The number of thiophene rings is 1. The van der Waals surface area contributed by atoms with E-state index >= 15 is 0 Å². The molecular weight excluding hydrogens is 450 g/mol. The minimum atomic E-state index is -0.142. The van der Waals surface area contributed by atoms with Crippen LogP contribution in [0, 0.1) is 6.92 Å². The molecule has 2 amide bonds. The summed E-state index contributed by atoms with van der Waals surface area (Å²) in [6.45, 7) is 4.44. The Morgan fingerprint density at radius 1 is 1.21 bits per heavy atom. The number of carbonyl (C=O) groups is 2. The predicted octanol–water partition coefficient (Wildman–Crippen LogP) is 3.75. The summed E-state index contributed by atoms with van der Waals surface area (Å²) in [6.07, 6.45) is 5.92. The molecule has 0 fully saturated rings. The van der Waals surface area contributed by atoms with E-state index in [0.717, 1.165) is 21.7 Å². The summed E-state index contributed by atoms with van der Waals surface area (Å²) in [6, 6.07) is 9.25. The molecule has 4 heterocycles. The number of pyridine rings is 1. The van der Waals surface area contributed by atoms with Crippen LogP contribution in [0.2, 0.25) is 0 Å². The van der Waals surface area contributed by atoms with Crippen LogP contribution in [-0.4, -0.2) is 41.5 Å². The van der Waals surface area contributed by atoms with E-state index in [-0.39, 0.29) is 11.8 Å². The summed E-state index contributed by atoms with van der Waals surface area (Å²) in [4.78, 5) is 32.9. The molecule has 2 aliphatic heterocycles. The molecule has 5 rings (SSSR count). The number of carbonyl (C=O) groups excluding carboxylic acids is 2. The molecule has 1 aromatic carbocycles. The zero-order chi connectivity index (χ0) is 23.5. The summed E-state index contributed by atoms with van der Waals surface area (Å²) >= 11 is 1.59. The molecule has 34 heavy (non-hydrogen) atoms. The van der Waals surface area contributed by atoms with Crippen LogP contribution in [-0.2, 0) is 24.3 Å². The van der Waals surface area contributed by atoms with Crippen molar-refractivity contribution < 1.29 is 19.1 Å². The lowest BCUT2D eigenvalue weighted by molar-refractivity contribution is -0.116. The summed E-state index contributed by atoms with van der Waals surface area (Å²) in [5.41, 5.74) is 4.69. The molecule has 0 saturated carbocycles. The number of nitrogens with zero attached hydrogens (tertiary/aromatic N) is 2. The lowest BCUT2D eigenvalue weighted by Gasteiger charge is -2.31. The highest BCUT2D eigenvalue weighted by Crippen LogP contribution is 2.32. The highest BCUT2D eigenvalue weighted by atomic mass is 32.1. The second-order valence-corrected chi connectivity index (χ2v) is 9.21. The smallest absolute Gasteiger partial charge is 0.254 e. The van der Waals surface area contributed by atoms with Gasteiger partial charge in [-0.25, -0.2) is 0 Å². The molecule has 2 aromatic heterocycles. The first-order valence-corrected chi connectivity index (χ1v) is 12.1. The third kappa shape index (κ3) is 4.68. The van der Waals surface area contributed by atoms with E-state index in [2.05, 4.69) is 10.3 Å². The third-order valence-electron chi connectivity index (χ3n) is 6.05. The fourth-order valence-electron chi connectivity index (χ4n) is 4.27. The van der Waals surface area contributed by atoms with Gasteiger partial charge >= 0.3 is 0 Å². The SMILES string of the molecule is Cc1ncc2c(c1CNC(=O)C=Cc1cccs1)CCN(C(=O)c1ccc3c(c1)OCCO3)C2. The van der Waals surface area contributed by atoms with Crippen molar-refractivity contribution in [2.45, 2.75) is 26.4 Å². The van der Waals surface area contributed by atoms with Crippen molar-refractivity contribution in [3.8, 4) is 11.5 Å². The second kappa shape index (κ2) is 9.69. The first kappa shape index (κ1) is 22.2. The van der Waals surface area contributed by atoms with Crippen LogP contribution in [0.3, 0.4) is 0 Å². The van der Waals surface area contributed by atoms with Gasteiger partial charge in [0.15, 0.2) is 11.5 Å². The average Bonchev–Trinajstić information content (AvgIpc) is 3.39. The van der Waals surface area contributed by atoms with Crippen molar-refractivity contribution in [3.63, 3.8) is 0 Å². The van der Waals surface area contributed by atoms with Gasteiger partial charge in [-0.05, 0) is 65.8 Å². The van der Waals surface area contributed by atoms with Crippen molar-refractivity contribution in [2.24, 2.45) is 0 Å². The molecular formula is C26H25N3O4S. The Labute approximate surface area is 202 Å². The van der Waals surface area contributed by atoms with E-state index in [1.807, 2.05) is 41.6 Å². The van der Waals surface area contributed by atoms with Crippen LogP contribution in [0.5, 0.6) is 11.5 Å². The lowest BCUT2D eigenvalue weighted by atomic mass is 9.94. The van der Waals surface area contributed by atoms with Gasteiger partial charge in [0.2, 0.25) is 5.91 Å². The van der Waals surface area contributed by atoms with Gasteiger partial charge in [-0.1, -0.05) is 6.07 Å². The summed E-state index contributed by atoms with van der Waals surface area (Å²) < 4.78 is 11.2. The normalized spacial score (nSPS) is 14.7. The molecule has 1 N–H and O–H groups in total. The minimum absolute atomic E-state index is 0.0447. The Hall–Kier alpha value is -3.65. The standard InChI is InChI=1S/C26H25N3O4S/c1-17-22(15-28-25(30)7-5-20-3-2-12-34-20)21-8-9-29(16-19(21)14-27-17)26(31)18-4-6-23-24(13-18)33-11-10-32-23/h2-7,12-14H,8-11,15-16H2,1H3,(H,28,30). The van der Waals surface area contributed by atoms with Crippen molar-refractivity contribution >= 4 is 29.2 Å². The van der Waals surface area contributed by atoms with Crippen molar-refractivity contribution in [1.29, 1.82) is 0 Å². The molecule has 0 spiro atoms. The molecule has 7 nitrogen and oxygen atoms in total. The average molecular weight is 476 g/mol. The number of hydrogen-bond acceptors (Lipinski definition) is 6. The van der Waals surface area contributed by atoms with Crippen LogP contribution in [0.15, 0.2) is 48.0 Å². The lowest BCUT2D eigenvalue weighted by Crippen LogP contribution is -2.37. The van der Waals surface area contributed by atoms with E-state index in [4.69, 9.17) is 9.47 Å². The molecule has 8 heteroatoms. The monoisotopic (exact) mass is 475 g/mol. The zero-order valence-corrected chi connectivity index (χ0v) is 19.7.